The van der Waals surface area contributed by atoms with Gasteiger partial charge in [0.1, 0.15) is 16.2 Å². The van der Waals surface area contributed by atoms with E-state index >= 15 is 0 Å². The van der Waals surface area contributed by atoms with Gasteiger partial charge >= 0.3 is 0 Å². The van der Waals surface area contributed by atoms with E-state index in [1.807, 2.05) is 18.2 Å². The standard InChI is InChI=1S/C13H12Br2IN3/c1-2-3-12-18-11(15)7-13(19-12)17-10-6-8(14)4-5-9(10)16/h4-7H,2-3H2,1H3,(H,17,18,19). The number of anilines is 2. The zero-order chi connectivity index (χ0) is 13.8. The van der Waals surface area contributed by atoms with Crippen LogP contribution in [-0.4, -0.2) is 9.97 Å². The molecule has 2 rings (SSSR count). The Morgan fingerprint density at radius 1 is 1.21 bits per heavy atom. The first-order valence-electron chi connectivity index (χ1n) is 5.84. The molecule has 19 heavy (non-hydrogen) atoms. The van der Waals surface area contributed by atoms with Crippen molar-refractivity contribution >= 4 is 66.0 Å². The largest absolute Gasteiger partial charge is 0.339 e. The van der Waals surface area contributed by atoms with Crippen LogP contribution < -0.4 is 5.32 Å². The topological polar surface area (TPSA) is 37.8 Å². The van der Waals surface area contributed by atoms with Gasteiger partial charge in [-0.3, -0.25) is 0 Å². The summed E-state index contributed by atoms with van der Waals surface area (Å²) in [5.74, 6) is 1.66. The van der Waals surface area contributed by atoms with Crippen LogP contribution in [0.15, 0.2) is 33.3 Å². The summed E-state index contributed by atoms with van der Waals surface area (Å²) in [6.45, 7) is 2.12. The first-order chi connectivity index (χ1) is 9.08. The predicted octanol–water partition coefficient (Wildman–Crippen LogP) is 5.30. The first kappa shape index (κ1) is 15.2. The molecule has 1 N–H and O–H groups in total. The second kappa shape index (κ2) is 6.99. The SMILES string of the molecule is CCCc1nc(Br)cc(Nc2cc(Br)ccc2I)n1. The quantitative estimate of drug-likeness (QED) is 0.461. The number of nitrogens with zero attached hydrogens (tertiary/aromatic N) is 2. The summed E-state index contributed by atoms with van der Waals surface area (Å²) >= 11 is 9.20. The number of aryl methyl sites for hydroxylation is 1. The fourth-order valence-electron chi connectivity index (χ4n) is 1.60. The maximum absolute atomic E-state index is 4.52. The second-order valence-corrected chi connectivity index (χ2v) is 6.88. The molecule has 0 fully saturated rings. The molecule has 100 valence electrons. The van der Waals surface area contributed by atoms with Crippen molar-refractivity contribution in [3.8, 4) is 0 Å². The minimum Gasteiger partial charge on any atom is -0.339 e. The van der Waals surface area contributed by atoms with Gasteiger partial charge in [-0.1, -0.05) is 22.9 Å². The molecule has 6 heteroatoms. The third-order valence-corrected chi connectivity index (χ3v) is 4.25. The monoisotopic (exact) mass is 495 g/mol. The minimum atomic E-state index is 0.804. The van der Waals surface area contributed by atoms with E-state index in [2.05, 4.69) is 82.7 Å². The Morgan fingerprint density at radius 2 is 2.00 bits per heavy atom. The highest BCUT2D eigenvalue weighted by Gasteiger charge is 2.05. The molecule has 0 aliphatic rings. The van der Waals surface area contributed by atoms with Crippen LogP contribution in [-0.2, 0) is 6.42 Å². The number of aromatic nitrogens is 2. The molecule has 0 aliphatic carbocycles. The van der Waals surface area contributed by atoms with Gasteiger partial charge in [-0.25, -0.2) is 9.97 Å². The minimum absolute atomic E-state index is 0.804. The first-order valence-corrected chi connectivity index (χ1v) is 8.50. The van der Waals surface area contributed by atoms with Gasteiger partial charge in [0, 0.05) is 20.5 Å². The summed E-state index contributed by atoms with van der Waals surface area (Å²) in [6, 6.07) is 7.99. The maximum atomic E-state index is 4.52. The van der Waals surface area contributed by atoms with Crippen LogP contribution in [0.25, 0.3) is 0 Å². The molecule has 0 amide bonds. The fourth-order valence-corrected chi connectivity index (χ4v) is 2.85. The van der Waals surface area contributed by atoms with E-state index < -0.39 is 0 Å². The molecule has 1 heterocycles. The van der Waals surface area contributed by atoms with E-state index in [1.165, 1.54) is 0 Å². The van der Waals surface area contributed by atoms with Gasteiger partial charge in [-0.2, -0.15) is 0 Å². The zero-order valence-corrected chi connectivity index (χ0v) is 15.6. The van der Waals surface area contributed by atoms with Crippen molar-refractivity contribution < 1.29 is 0 Å². The van der Waals surface area contributed by atoms with Crippen LogP contribution >= 0.6 is 54.5 Å². The van der Waals surface area contributed by atoms with Gasteiger partial charge in [0.05, 0.1) is 5.69 Å². The Labute approximate surface area is 143 Å². The molecule has 0 bridgehead atoms. The van der Waals surface area contributed by atoms with Gasteiger partial charge in [0.2, 0.25) is 0 Å². The molecule has 0 saturated heterocycles. The summed E-state index contributed by atoms with van der Waals surface area (Å²) in [5, 5.41) is 3.33. The molecule has 1 aromatic heterocycles. The number of rotatable bonds is 4. The van der Waals surface area contributed by atoms with Crippen molar-refractivity contribution in [3.05, 3.63) is 42.7 Å². The summed E-state index contributed by atoms with van der Waals surface area (Å²) in [6.07, 6.45) is 1.91. The molecule has 0 radical (unpaired) electrons. The number of nitrogens with one attached hydrogen (secondary N) is 1. The Balaban J connectivity index is 2.29. The predicted molar refractivity (Wildman–Crippen MR) is 93.9 cm³/mol. The van der Waals surface area contributed by atoms with E-state index in [4.69, 9.17) is 0 Å². The average molecular weight is 497 g/mol. The van der Waals surface area contributed by atoms with E-state index in [0.717, 1.165) is 42.8 Å². The lowest BCUT2D eigenvalue weighted by atomic mass is 10.3. The van der Waals surface area contributed by atoms with Crippen molar-refractivity contribution in [1.82, 2.24) is 9.97 Å². The van der Waals surface area contributed by atoms with Crippen LogP contribution in [0.4, 0.5) is 11.5 Å². The molecule has 0 spiro atoms. The van der Waals surface area contributed by atoms with Gasteiger partial charge in [-0.15, -0.1) is 0 Å². The molecule has 0 saturated carbocycles. The van der Waals surface area contributed by atoms with Crippen LogP contribution in [0.2, 0.25) is 0 Å². The van der Waals surface area contributed by atoms with Gasteiger partial charge in [0.25, 0.3) is 0 Å². The number of halogens is 3. The fraction of sp³-hybridized carbons (Fsp3) is 0.231. The van der Waals surface area contributed by atoms with Crippen molar-refractivity contribution in [2.24, 2.45) is 0 Å². The van der Waals surface area contributed by atoms with Crippen molar-refractivity contribution in [1.29, 1.82) is 0 Å². The maximum Gasteiger partial charge on any atom is 0.135 e. The summed E-state index contributed by atoms with van der Waals surface area (Å²) in [5.41, 5.74) is 1.03. The molecule has 2 aromatic rings. The van der Waals surface area contributed by atoms with Crippen molar-refractivity contribution in [2.45, 2.75) is 19.8 Å². The number of hydrogen-bond donors (Lipinski definition) is 1. The van der Waals surface area contributed by atoms with E-state index in [9.17, 15) is 0 Å². The summed E-state index contributed by atoms with van der Waals surface area (Å²) in [7, 11) is 0. The van der Waals surface area contributed by atoms with Crippen LogP contribution in [0.1, 0.15) is 19.2 Å². The molecule has 0 atom stereocenters. The number of benzene rings is 1. The Hall–Kier alpha value is -0.210. The molecular weight excluding hydrogens is 485 g/mol. The molecule has 1 aromatic carbocycles. The third kappa shape index (κ3) is 4.39. The molecular formula is C13H12Br2IN3. The Morgan fingerprint density at radius 3 is 2.74 bits per heavy atom. The lowest BCUT2D eigenvalue weighted by Gasteiger charge is -2.10. The van der Waals surface area contributed by atoms with Crippen molar-refractivity contribution in [2.75, 3.05) is 5.32 Å². The Kier molecular flexibility index (Phi) is 5.58. The van der Waals surface area contributed by atoms with Crippen LogP contribution in [0, 0.1) is 3.57 Å². The van der Waals surface area contributed by atoms with Crippen molar-refractivity contribution in [3.63, 3.8) is 0 Å². The third-order valence-electron chi connectivity index (χ3n) is 2.41. The molecule has 3 nitrogen and oxygen atoms in total. The highest BCUT2D eigenvalue weighted by molar-refractivity contribution is 14.1. The smallest absolute Gasteiger partial charge is 0.135 e. The van der Waals surface area contributed by atoms with E-state index in [0.29, 0.717) is 0 Å². The summed E-state index contributed by atoms with van der Waals surface area (Å²) < 4.78 is 2.99. The highest BCUT2D eigenvalue weighted by Crippen LogP contribution is 2.26. The molecule has 0 aliphatic heterocycles. The van der Waals surface area contributed by atoms with Crippen LogP contribution in [0.5, 0.6) is 0 Å². The normalized spacial score (nSPS) is 10.5. The van der Waals surface area contributed by atoms with Gasteiger partial charge in [0.15, 0.2) is 0 Å². The van der Waals surface area contributed by atoms with E-state index in [-0.39, 0.29) is 0 Å². The highest BCUT2D eigenvalue weighted by atomic mass is 127. The van der Waals surface area contributed by atoms with Crippen LogP contribution in [0.3, 0.4) is 0 Å². The number of hydrogen-bond acceptors (Lipinski definition) is 3. The Bertz CT molecular complexity index is 590. The average Bonchev–Trinajstić information content (AvgIpc) is 2.33. The zero-order valence-electron chi connectivity index (χ0n) is 10.3. The second-order valence-electron chi connectivity index (χ2n) is 3.99. The van der Waals surface area contributed by atoms with Gasteiger partial charge in [-0.05, 0) is 63.1 Å². The lowest BCUT2D eigenvalue weighted by molar-refractivity contribution is 0.831. The van der Waals surface area contributed by atoms with E-state index in [1.54, 1.807) is 0 Å². The van der Waals surface area contributed by atoms with Gasteiger partial charge < -0.3 is 5.32 Å². The molecule has 0 unspecified atom stereocenters. The lowest BCUT2D eigenvalue weighted by Crippen LogP contribution is -2.01. The summed E-state index contributed by atoms with van der Waals surface area (Å²) in [4.78, 5) is 8.88.